The molecule has 0 aliphatic carbocycles. The van der Waals surface area contributed by atoms with Gasteiger partial charge in [0.1, 0.15) is 5.75 Å². The third-order valence-corrected chi connectivity index (χ3v) is 7.27. The third-order valence-electron chi connectivity index (χ3n) is 7.27. The zero-order chi connectivity index (χ0) is 34.6. The lowest BCUT2D eigenvalue weighted by Crippen LogP contribution is -2.30. The molecule has 0 saturated carbocycles. The lowest BCUT2D eigenvalue weighted by atomic mass is 10.1. The van der Waals surface area contributed by atoms with Crippen molar-refractivity contribution in [1.29, 1.82) is 0 Å². The number of hydrogen-bond donors (Lipinski definition) is 5. The van der Waals surface area contributed by atoms with Crippen LogP contribution >= 0.6 is 0 Å². The average Bonchev–Trinajstić information content (AvgIpc) is 3.08. The van der Waals surface area contributed by atoms with E-state index in [0.717, 1.165) is 5.56 Å². The van der Waals surface area contributed by atoms with Crippen LogP contribution in [0, 0.1) is 6.92 Å². The van der Waals surface area contributed by atoms with Gasteiger partial charge >= 0.3 is 12.0 Å². The number of rotatable bonds is 15. The lowest BCUT2D eigenvalue weighted by molar-refractivity contribution is -0.137. The Hall–Kier alpha value is -6.11. The van der Waals surface area contributed by atoms with Gasteiger partial charge in [0.05, 0.1) is 63.6 Å². The number of methoxy groups -OCH3 is 3. The fourth-order valence-electron chi connectivity index (χ4n) is 4.77. The van der Waals surface area contributed by atoms with E-state index in [2.05, 4.69) is 26.3 Å². The van der Waals surface area contributed by atoms with Crippen molar-refractivity contribution in [1.82, 2.24) is 10.3 Å². The summed E-state index contributed by atoms with van der Waals surface area (Å²) in [6.45, 7) is 1.89. The fraction of sp³-hybridized carbons (Fsp3) is 0.229. The second-order valence-electron chi connectivity index (χ2n) is 10.7. The van der Waals surface area contributed by atoms with Gasteiger partial charge in [-0.05, 0) is 66.6 Å². The van der Waals surface area contributed by atoms with Crippen molar-refractivity contribution in [3.63, 3.8) is 0 Å². The number of para-hydroxylation sites is 1. The molecule has 0 bridgehead atoms. The van der Waals surface area contributed by atoms with Crippen LogP contribution in [0.4, 0.5) is 21.9 Å². The summed E-state index contributed by atoms with van der Waals surface area (Å²) >= 11 is 0. The highest BCUT2D eigenvalue weighted by atomic mass is 16.5. The van der Waals surface area contributed by atoms with E-state index in [9.17, 15) is 24.3 Å². The predicted octanol–water partition coefficient (Wildman–Crippen LogP) is 5.23. The first-order valence-corrected chi connectivity index (χ1v) is 14.9. The SMILES string of the molecule is COc1cc(CC(=O)CNc2ccc(C(CC(=O)O)NC(=O)c3ccc(OC)c(OC)c3)nc2)ccc1NC(=O)Nc1ccccc1C. The van der Waals surface area contributed by atoms with Crippen molar-refractivity contribution < 1.29 is 38.5 Å². The lowest BCUT2D eigenvalue weighted by Gasteiger charge is -2.18. The van der Waals surface area contributed by atoms with E-state index in [4.69, 9.17) is 14.2 Å². The Labute approximate surface area is 277 Å². The summed E-state index contributed by atoms with van der Waals surface area (Å²) in [6.07, 6.45) is 1.17. The minimum absolute atomic E-state index is 0.00321. The van der Waals surface area contributed by atoms with Gasteiger partial charge in [0.25, 0.3) is 5.91 Å². The Morgan fingerprint density at radius 2 is 1.54 bits per heavy atom. The van der Waals surface area contributed by atoms with Crippen LogP contribution in [0.1, 0.15) is 39.6 Å². The van der Waals surface area contributed by atoms with E-state index >= 15 is 0 Å². The standard InChI is InChI=1S/C35H37N5O8/c1-21-7-5-6-8-26(21)39-35(45)40-28-12-9-22(16-31(28)47-3)15-25(41)20-36-24-11-13-27(37-19-24)29(18-33(42)43)38-34(44)23-10-14-30(46-2)32(17-23)48-4/h5-14,16-17,19,29,36H,15,18,20H2,1-4H3,(H,38,44)(H,42,43)(H2,39,40,45). The topological polar surface area (TPSA) is 177 Å². The Morgan fingerprint density at radius 3 is 2.21 bits per heavy atom. The van der Waals surface area contributed by atoms with Crippen LogP contribution in [0.2, 0.25) is 0 Å². The Balaban J connectivity index is 1.33. The summed E-state index contributed by atoms with van der Waals surface area (Å²) in [5.41, 5.74) is 3.87. The van der Waals surface area contributed by atoms with E-state index < -0.39 is 30.4 Å². The van der Waals surface area contributed by atoms with Crippen molar-refractivity contribution in [2.45, 2.75) is 25.8 Å². The number of nitrogens with one attached hydrogen (secondary N) is 4. The number of hydrogen-bond acceptors (Lipinski definition) is 9. The number of amides is 3. The first-order valence-electron chi connectivity index (χ1n) is 14.9. The van der Waals surface area contributed by atoms with Gasteiger partial charge in [-0.25, -0.2) is 4.79 Å². The quantitative estimate of drug-likeness (QED) is 0.114. The Kier molecular flexibility index (Phi) is 11.9. The molecule has 3 amide bonds. The number of carbonyl (C=O) groups excluding carboxylic acids is 3. The number of aliphatic carboxylic acids is 1. The van der Waals surface area contributed by atoms with Crippen LogP contribution < -0.4 is 35.5 Å². The van der Waals surface area contributed by atoms with Gasteiger partial charge in [-0.3, -0.25) is 19.4 Å². The first-order chi connectivity index (χ1) is 23.1. The highest BCUT2D eigenvalue weighted by molar-refractivity contribution is 6.01. The molecule has 0 radical (unpaired) electrons. The second kappa shape index (κ2) is 16.5. The van der Waals surface area contributed by atoms with Crippen molar-refractivity contribution in [3.05, 3.63) is 101 Å². The molecule has 48 heavy (non-hydrogen) atoms. The summed E-state index contributed by atoms with van der Waals surface area (Å²) in [6, 6.07) is 19.0. The molecule has 0 saturated heterocycles. The van der Waals surface area contributed by atoms with Crippen molar-refractivity contribution >= 4 is 40.8 Å². The number of nitrogens with zero attached hydrogens (tertiary/aromatic N) is 1. The van der Waals surface area contributed by atoms with Gasteiger partial charge in [0.15, 0.2) is 17.3 Å². The maximum atomic E-state index is 12.9. The van der Waals surface area contributed by atoms with Crippen molar-refractivity contribution in [2.24, 2.45) is 0 Å². The maximum Gasteiger partial charge on any atom is 0.323 e. The molecule has 5 N–H and O–H groups in total. The summed E-state index contributed by atoms with van der Waals surface area (Å²) < 4.78 is 15.9. The number of ketones is 1. The predicted molar refractivity (Wildman–Crippen MR) is 180 cm³/mol. The molecule has 0 aliphatic heterocycles. The molecule has 13 heteroatoms. The van der Waals surface area contributed by atoms with E-state index in [1.807, 2.05) is 25.1 Å². The molecule has 3 aromatic carbocycles. The number of carbonyl (C=O) groups is 4. The minimum atomic E-state index is -1.12. The Morgan fingerprint density at radius 1 is 0.812 bits per heavy atom. The van der Waals surface area contributed by atoms with Crippen LogP contribution in [-0.4, -0.2) is 61.7 Å². The summed E-state index contributed by atoms with van der Waals surface area (Å²) in [5.74, 6) is -0.539. The van der Waals surface area contributed by atoms with Crippen LogP contribution in [0.3, 0.4) is 0 Å². The zero-order valence-electron chi connectivity index (χ0n) is 27.0. The number of aryl methyl sites for hydroxylation is 1. The molecule has 1 aromatic heterocycles. The van der Waals surface area contributed by atoms with Gasteiger partial charge in [-0.2, -0.15) is 0 Å². The van der Waals surface area contributed by atoms with Gasteiger partial charge in [-0.1, -0.05) is 24.3 Å². The van der Waals surface area contributed by atoms with Crippen molar-refractivity contribution in [3.8, 4) is 17.2 Å². The highest BCUT2D eigenvalue weighted by Gasteiger charge is 2.21. The van der Waals surface area contributed by atoms with E-state index in [1.54, 1.807) is 48.5 Å². The molecule has 1 heterocycles. The number of benzene rings is 3. The monoisotopic (exact) mass is 655 g/mol. The number of anilines is 3. The minimum Gasteiger partial charge on any atom is -0.495 e. The highest BCUT2D eigenvalue weighted by Crippen LogP contribution is 2.29. The van der Waals surface area contributed by atoms with Crippen LogP contribution in [0.25, 0.3) is 0 Å². The van der Waals surface area contributed by atoms with E-state index in [1.165, 1.54) is 33.6 Å². The van der Waals surface area contributed by atoms with Crippen LogP contribution in [-0.2, 0) is 16.0 Å². The molecule has 13 nitrogen and oxygen atoms in total. The molecular weight excluding hydrogens is 618 g/mol. The number of pyridine rings is 1. The number of aromatic nitrogens is 1. The number of Topliss-reactive ketones (excluding diaryl/α,β-unsaturated/α-hetero) is 1. The number of ether oxygens (including phenoxy) is 3. The molecule has 4 rings (SSSR count). The Bertz CT molecular complexity index is 1780. The largest absolute Gasteiger partial charge is 0.495 e. The molecule has 250 valence electrons. The molecule has 0 aliphatic rings. The normalized spacial score (nSPS) is 11.1. The number of carboxylic acid groups (broad SMARTS) is 1. The molecule has 1 unspecified atom stereocenters. The summed E-state index contributed by atoms with van der Waals surface area (Å²) in [7, 11) is 4.41. The summed E-state index contributed by atoms with van der Waals surface area (Å²) in [4.78, 5) is 54.2. The van der Waals surface area contributed by atoms with E-state index in [0.29, 0.717) is 45.6 Å². The summed E-state index contributed by atoms with van der Waals surface area (Å²) in [5, 5.41) is 20.8. The molecule has 1 atom stereocenters. The molecular formula is C35H37N5O8. The third kappa shape index (κ3) is 9.45. The fourth-order valence-corrected chi connectivity index (χ4v) is 4.77. The van der Waals surface area contributed by atoms with Crippen LogP contribution in [0.5, 0.6) is 17.2 Å². The smallest absolute Gasteiger partial charge is 0.323 e. The van der Waals surface area contributed by atoms with E-state index in [-0.39, 0.29) is 24.3 Å². The first kappa shape index (κ1) is 34.8. The maximum absolute atomic E-state index is 12.9. The van der Waals surface area contributed by atoms with Gasteiger partial charge in [0, 0.05) is 17.7 Å². The number of carboxylic acids is 1. The second-order valence-corrected chi connectivity index (χ2v) is 10.7. The zero-order valence-corrected chi connectivity index (χ0v) is 27.0. The van der Waals surface area contributed by atoms with Gasteiger partial charge in [0.2, 0.25) is 0 Å². The molecule has 4 aromatic rings. The number of urea groups is 1. The van der Waals surface area contributed by atoms with Crippen LogP contribution in [0.15, 0.2) is 79.0 Å². The molecule has 0 fully saturated rings. The van der Waals surface area contributed by atoms with Gasteiger partial charge < -0.3 is 40.6 Å². The molecule has 0 spiro atoms. The van der Waals surface area contributed by atoms with Crippen molar-refractivity contribution in [2.75, 3.05) is 43.8 Å². The average molecular weight is 656 g/mol. The van der Waals surface area contributed by atoms with Gasteiger partial charge in [-0.15, -0.1) is 0 Å².